The molecule has 3 rings (SSSR count). The molecule has 0 aliphatic heterocycles. The third-order valence-electron chi connectivity index (χ3n) is 3.95. The predicted molar refractivity (Wildman–Crippen MR) is 105 cm³/mol. The predicted octanol–water partition coefficient (Wildman–Crippen LogP) is 4.74. The van der Waals surface area contributed by atoms with Crippen LogP contribution in [0.5, 0.6) is 0 Å². The van der Waals surface area contributed by atoms with Crippen molar-refractivity contribution in [2.45, 2.75) is 10.4 Å². The lowest BCUT2D eigenvalue weighted by atomic mass is 10.1. The first-order valence-electron chi connectivity index (χ1n) is 8.37. The molecule has 1 heterocycles. The van der Waals surface area contributed by atoms with Gasteiger partial charge in [-0.3, -0.25) is 9.10 Å². The van der Waals surface area contributed by atoms with Crippen LogP contribution in [0, 0.1) is 5.82 Å². The van der Waals surface area contributed by atoms with E-state index in [9.17, 15) is 30.8 Å². The first-order chi connectivity index (χ1) is 14.1. The summed E-state index contributed by atoms with van der Waals surface area (Å²) < 4.78 is 79.3. The monoisotopic (exact) mass is 458 g/mol. The first-order valence-corrected chi connectivity index (χ1v) is 10.7. The summed E-state index contributed by atoms with van der Waals surface area (Å²) in [5.74, 6) is -1.60. The fourth-order valence-electron chi connectivity index (χ4n) is 2.60. The van der Waals surface area contributed by atoms with Crippen molar-refractivity contribution in [3.8, 4) is 0 Å². The van der Waals surface area contributed by atoms with E-state index in [0.29, 0.717) is 4.31 Å². The molecular formula is C19H14F4N2O3S2. The SMILES string of the molecule is O=C(CN(c1ccc(F)cc1)S(=O)(=O)c1cccs1)Nc1ccccc1C(F)(F)F. The van der Waals surface area contributed by atoms with Gasteiger partial charge in [-0.25, -0.2) is 12.8 Å². The van der Waals surface area contributed by atoms with Crippen LogP contribution in [0.2, 0.25) is 0 Å². The van der Waals surface area contributed by atoms with Gasteiger partial charge >= 0.3 is 6.18 Å². The Labute approximate surface area is 173 Å². The highest BCUT2D eigenvalue weighted by Crippen LogP contribution is 2.34. The average molecular weight is 458 g/mol. The minimum atomic E-state index is -4.70. The fourth-order valence-corrected chi connectivity index (χ4v) is 5.13. The second-order valence-corrected chi connectivity index (χ2v) is 9.05. The molecule has 158 valence electrons. The number of halogens is 4. The van der Waals surface area contributed by atoms with Gasteiger partial charge in [0.05, 0.1) is 16.9 Å². The normalized spacial score (nSPS) is 11.9. The molecule has 11 heteroatoms. The molecule has 5 nitrogen and oxygen atoms in total. The van der Waals surface area contributed by atoms with Crippen LogP contribution in [0.15, 0.2) is 70.3 Å². The Morgan fingerprint density at radius 3 is 2.27 bits per heavy atom. The third kappa shape index (κ3) is 4.79. The average Bonchev–Trinajstić information content (AvgIpc) is 3.22. The van der Waals surface area contributed by atoms with Crippen LogP contribution in [0.4, 0.5) is 28.9 Å². The summed E-state index contributed by atoms with van der Waals surface area (Å²) in [6, 6.07) is 11.5. The molecule has 0 saturated carbocycles. The Kier molecular flexibility index (Phi) is 6.13. The standard InChI is InChI=1S/C19H14F4N2O3S2/c20-13-7-9-14(10-8-13)25(30(27,28)18-6-3-11-29-18)12-17(26)24-16-5-2-1-4-15(16)19(21,22)23/h1-11H,12H2,(H,24,26). The largest absolute Gasteiger partial charge is 0.418 e. The van der Waals surface area contributed by atoms with Crippen LogP contribution < -0.4 is 9.62 Å². The highest BCUT2D eigenvalue weighted by Gasteiger charge is 2.34. The molecule has 0 radical (unpaired) electrons. The molecule has 0 aliphatic rings. The van der Waals surface area contributed by atoms with Gasteiger partial charge in [-0.15, -0.1) is 11.3 Å². The van der Waals surface area contributed by atoms with E-state index in [1.165, 1.54) is 29.6 Å². The van der Waals surface area contributed by atoms with E-state index in [2.05, 4.69) is 5.32 Å². The second kappa shape index (κ2) is 8.44. The summed E-state index contributed by atoms with van der Waals surface area (Å²) in [7, 11) is -4.20. The van der Waals surface area contributed by atoms with E-state index < -0.39 is 45.7 Å². The molecule has 3 aromatic rings. The third-order valence-corrected chi connectivity index (χ3v) is 7.09. The highest BCUT2D eigenvalue weighted by molar-refractivity contribution is 7.94. The van der Waals surface area contributed by atoms with E-state index >= 15 is 0 Å². The quantitative estimate of drug-likeness (QED) is 0.543. The summed E-state index contributed by atoms with van der Waals surface area (Å²) in [5.41, 5.74) is -1.57. The Morgan fingerprint density at radius 1 is 1.00 bits per heavy atom. The van der Waals surface area contributed by atoms with E-state index in [1.807, 2.05) is 0 Å². The zero-order valence-corrected chi connectivity index (χ0v) is 16.7. The van der Waals surface area contributed by atoms with Crippen LogP contribution in [0.1, 0.15) is 5.56 Å². The Balaban J connectivity index is 1.93. The second-order valence-electron chi connectivity index (χ2n) is 6.01. The number of thiophene rings is 1. The number of anilines is 2. The van der Waals surface area contributed by atoms with Gasteiger partial charge in [-0.2, -0.15) is 13.2 Å². The summed E-state index contributed by atoms with van der Waals surface area (Å²) in [6.45, 7) is -0.807. The minimum absolute atomic E-state index is 0.0101. The van der Waals surface area contributed by atoms with Gasteiger partial charge in [0, 0.05) is 0 Å². The van der Waals surface area contributed by atoms with Gasteiger partial charge in [-0.1, -0.05) is 18.2 Å². The number of rotatable bonds is 6. The summed E-state index contributed by atoms with van der Waals surface area (Å²) in [5, 5.41) is 3.63. The molecule has 0 aliphatic carbocycles. The number of benzene rings is 2. The summed E-state index contributed by atoms with van der Waals surface area (Å²) >= 11 is 0.909. The van der Waals surface area contributed by atoms with Crippen LogP contribution in [-0.4, -0.2) is 20.9 Å². The summed E-state index contributed by atoms with van der Waals surface area (Å²) in [6.07, 6.45) is -4.70. The molecule has 1 amide bonds. The van der Waals surface area contributed by atoms with Gasteiger partial charge in [0.25, 0.3) is 10.0 Å². The van der Waals surface area contributed by atoms with Crippen LogP contribution in [0.3, 0.4) is 0 Å². The number of carbonyl (C=O) groups excluding carboxylic acids is 1. The number of sulfonamides is 1. The van der Waals surface area contributed by atoms with E-state index in [-0.39, 0.29) is 9.90 Å². The fraction of sp³-hybridized carbons (Fsp3) is 0.105. The minimum Gasteiger partial charge on any atom is -0.324 e. The Morgan fingerprint density at radius 2 is 1.67 bits per heavy atom. The lowest BCUT2D eigenvalue weighted by Crippen LogP contribution is -2.38. The van der Waals surface area contributed by atoms with Crippen LogP contribution in [0.25, 0.3) is 0 Å². The molecule has 1 N–H and O–H groups in total. The number of nitrogens with zero attached hydrogens (tertiary/aromatic N) is 1. The lowest BCUT2D eigenvalue weighted by molar-refractivity contribution is -0.137. The van der Waals surface area contributed by atoms with Crippen LogP contribution in [-0.2, 0) is 21.0 Å². The van der Waals surface area contributed by atoms with Crippen molar-refractivity contribution in [2.24, 2.45) is 0 Å². The number of hydrogen-bond donors (Lipinski definition) is 1. The maximum Gasteiger partial charge on any atom is 0.418 e. The molecule has 0 saturated heterocycles. The van der Waals surface area contributed by atoms with Gasteiger partial charge in [0.1, 0.15) is 16.6 Å². The first kappa shape index (κ1) is 21.8. The zero-order valence-electron chi connectivity index (χ0n) is 15.1. The lowest BCUT2D eigenvalue weighted by Gasteiger charge is -2.23. The van der Waals surface area contributed by atoms with Crippen molar-refractivity contribution in [1.82, 2.24) is 0 Å². The molecule has 0 spiro atoms. The molecule has 0 unspecified atom stereocenters. The molecular weight excluding hydrogens is 444 g/mol. The molecule has 0 atom stereocenters. The van der Waals surface area contributed by atoms with E-state index in [0.717, 1.165) is 47.7 Å². The van der Waals surface area contributed by atoms with Gasteiger partial charge in [-0.05, 0) is 47.8 Å². The van der Waals surface area contributed by atoms with E-state index in [4.69, 9.17) is 0 Å². The zero-order chi connectivity index (χ0) is 21.9. The Bertz CT molecular complexity index is 1130. The van der Waals surface area contributed by atoms with Crippen molar-refractivity contribution in [1.29, 1.82) is 0 Å². The van der Waals surface area contributed by atoms with Crippen molar-refractivity contribution in [2.75, 3.05) is 16.2 Å². The number of hydrogen-bond acceptors (Lipinski definition) is 4. The maximum atomic E-state index is 13.3. The molecule has 1 aromatic heterocycles. The molecule has 2 aromatic carbocycles. The molecule has 0 bridgehead atoms. The molecule has 30 heavy (non-hydrogen) atoms. The topological polar surface area (TPSA) is 66.5 Å². The van der Waals surface area contributed by atoms with Gasteiger partial charge in [0.2, 0.25) is 5.91 Å². The van der Waals surface area contributed by atoms with Crippen molar-refractivity contribution in [3.05, 3.63) is 77.4 Å². The number of alkyl halides is 3. The van der Waals surface area contributed by atoms with Crippen LogP contribution >= 0.6 is 11.3 Å². The van der Waals surface area contributed by atoms with Gasteiger partial charge < -0.3 is 5.32 Å². The number of amides is 1. The van der Waals surface area contributed by atoms with E-state index in [1.54, 1.807) is 0 Å². The van der Waals surface area contributed by atoms with Crippen molar-refractivity contribution < 1.29 is 30.8 Å². The van der Waals surface area contributed by atoms with Crippen molar-refractivity contribution in [3.63, 3.8) is 0 Å². The Hall–Kier alpha value is -2.92. The molecule has 0 fully saturated rings. The summed E-state index contributed by atoms with van der Waals surface area (Å²) in [4.78, 5) is 12.5. The number of para-hydroxylation sites is 1. The number of carbonyl (C=O) groups is 1. The highest BCUT2D eigenvalue weighted by atomic mass is 32.2. The van der Waals surface area contributed by atoms with Crippen molar-refractivity contribution >= 4 is 38.6 Å². The van der Waals surface area contributed by atoms with Gasteiger partial charge in [0.15, 0.2) is 0 Å². The smallest absolute Gasteiger partial charge is 0.324 e. The number of nitrogens with one attached hydrogen (secondary N) is 1. The maximum absolute atomic E-state index is 13.3.